The zero-order valence-electron chi connectivity index (χ0n) is 19.1. The molecule has 0 radical (unpaired) electrons. The number of aromatic nitrogens is 2. The summed E-state index contributed by atoms with van der Waals surface area (Å²) in [6.07, 6.45) is 4.72. The van der Waals surface area contributed by atoms with Crippen LogP contribution in [0.4, 0.5) is 5.69 Å². The van der Waals surface area contributed by atoms with Gasteiger partial charge in [0.05, 0.1) is 27.9 Å². The quantitative estimate of drug-likeness (QED) is 0.167. The van der Waals surface area contributed by atoms with Gasteiger partial charge in [0.2, 0.25) is 5.91 Å². The third kappa shape index (κ3) is 3.72. The number of aliphatic hydroxyl groups is 1. The SMILES string of the molecule is CSc1ncn2cc(C3=C(C(=O)OCc4ccc([N+](=O)[O-])cc4)N4C(=O)[C@H]([C@@H](C)O)[C@@H]4[C@H]3C)sc12. The first kappa shape index (κ1) is 23.5. The van der Waals surface area contributed by atoms with Crippen LogP contribution in [0.5, 0.6) is 0 Å². The number of thioether (sulfide) groups is 1. The highest BCUT2D eigenvalue weighted by molar-refractivity contribution is 7.98. The monoisotopic (exact) mass is 514 g/mol. The number of nitro groups is 1. The van der Waals surface area contributed by atoms with Gasteiger partial charge >= 0.3 is 5.97 Å². The number of β-lactam (4-membered cyclic amide) rings is 1. The van der Waals surface area contributed by atoms with Gasteiger partial charge in [-0.1, -0.05) is 6.92 Å². The number of carbonyl (C=O) groups excluding carboxylic acids is 2. The summed E-state index contributed by atoms with van der Waals surface area (Å²) in [5.41, 5.74) is 1.43. The summed E-state index contributed by atoms with van der Waals surface area (Å²) in [5.74, 6) is -1.73. The van der Waals surface area contributed by atoms with E-state index in [4.69, 9.17) is 4.74 Å². The molecule has 1 saturated heterocycles. The second kappa shape index (κ2) is 8.77. The number of non-ortho nitro benzene ring substituents is 1. The minimum atomic E-state index is -0.839. The van der Waals surface area contributed by atoms with Gasteiger partial charge in [-0.25, -0.2) is 9.78 Å². The van der Waals surface area contributed by atoms with Crippen molar-refractivity contribution in [2.75, 3.05) is 6.26 Å². The molecule has 5 rings (SSSR count). The fourth-order valence-corrected chi connectivity index (χ4v) is 6.78. The van der Waals surface area contributed by atoms with Gasteiger partial charge in [0, 0.05) is 29.8 Å². The number of benzene rings is 1. The summed E-state index contributed by atoms with van der Waals surface area (Å²) in [5, 5.41) is 22.0. The Hall–Kier alpha value is -3.22. The Balaban J connectivity index is 1.49. The molecule has 4 atom stereocenters. The number of aliphatic hydroxyl groups excluding tert-OH is 1. The number of ether oxygens (including phenoxy) is 1. The summed E-state index contributed by atoms with van der Waals surface area (Å²) in [4.78, 5) is 44.3. The standard InChI is InChI=1S/C23H22N4O6S2/c1-11-16(15-8-25-10-24-20(34-3)22(25)35-15)19(26-18(11)17(12(2)28)21(26)29)23(30)33-9-13-4-6-14(7-5-13)27(31)32/h4-8,10-12,17-18,28H,9H2,1-3H3/t11-,12+,17+,18-/m0/s1. The first-order valence-electron chi connectivity index (χ1n) is 10.9. The van der Waals surface area contributed by atoms with Crippen LogP contribution in [0.3, 0.4) is 0 Å². The maximum atomic E-state index is 13.3. The van der Waals surface area contributed by atoms with Gasteiger partial charge in [-0.2, -0.15) is 0 Å². The topological polar surface area (TPSA) is 127 Å². The number of amides is 1. The summed E-state index contributed by atoms with van der Waals surface area (Å²) < 4.78 is 7.47. The van der Waals surface area contributed by atoms with Crippen molar-refractivity contribution in [2.24, 2.45) is 11.8 Å². The van der Waals surface area contributed by atoms with Crippen LogP contribution >= 0.6 is 23.1 Å². The molecule has 35 heavy (non-hydrogen) atoms. The van der Waals surface area contributed by atoms with Crippen LogP contribution in [0.2, 0.25) is 0 Å². The highest BCUT2D eigenvalue weighted by Crippen LogP contribution is 2.52. The fraction of sp³-hybridized carbons (Fsp3) is 0.348. The summed E-state index contributed by atoms with van der Waals surface area (Å²) in [7, 11) is 0. The molecule has 12 heteroatoms. The van der Waals surface area contributed by atoms with E-state index in [1.807, 2.05) is 23.8 Å². The number of hydrogen-bond donors (Lipinski definition) is 1. The first-order valence-corrected chi connectivity index (χ1v) is 12.9. The van der Waals surface area contributed by atoms with E-state index in [-0.39, 0.29) is 35.9 Å². The predicted octanol–water partition coefficient (Wildman–Crippen LogP) is 3.34. The molecule has 0 saturated carbocycles. The number of nitro benzene ring substituents is 1. The van der Waals surface area contributed by atoms with Gasteiger partial charge in [-0.15, -0.1) is 23.1 Å². The van der Waals surface area contributed by atoms with Crippen LogP contribution in [0.25, 0.3) is 10.4 Å². The molecule has 2 aromatic heterocycles. The Bertz CT molecular complexity index is 1380. The minimum absolute atomic E-state index is 0.0546. The number of thiazole rings is 1. The third-order valence-electron chi connectivity index (χ3n) is 6.52. The minimum Gasteiger partial charge on any atom is -0.456 e. The van der Waals surface area contributed by atoms with Crippen molar-refractivity contribution in [1.29, 1.82) is 0 Å². The molecule has 1 amide bonds. The second-order valence-corrected chi connectivity index (χ2v) is 10.4. The van der Waals surface area contributed by atoms with Gasteiger partial charge in [0.25, 0.3) is 5.69 Å². The predicted molar refractivity (Wildman–Crippen MR) is 130 cm³/mol. The normalized spacial score (nSPS) is 22.3. The lowest BCUT2D eigenvalue weighted by atomic mass is 9.77. The van der Waals surface area contributed by atoms with Crippen molar-refractivity contribution in [1.82, 2.24) is 14.3 Å². The van der Waals surface area contributed by atoms with Crippen molar-refractivity contribution in [2.45, 2.75) is 37.6 Å². The second-order valence-electron chi connectivity index (χ2n) is 8.58. The smallest absolute Gasteiger partial charge is 0.355 e. The van der Waals surface area contributed by atoms with Gasteiger partial charge < -0.3 is 14.7 Å². The number of imidazole rings is 1. The van der Waals surface area contributed by atoms with Crippen LogP contribution in [-0.2, 0) is 20.9 Å². The number of nitrogens with zero attached hydrogens (tertiary/aromatic N) is 4. The van der Waals surface area contributed by atoms with Crippen LogP contribution in [-0.4, -0.2) is 54.6 Å². The van der Waals surface area contributed by atoms with E-state index >= 15 is 0 Å². The molecule has 2 aliphatic rings. The number of fused-ring (bicyclic) bond motifs is 2. The van der Waals surface area contributed by atoms with Crippen molar-refractivity contribution in [3.8, 4) is 0 Å². The fourth-order valence-electron chi connectivity index (χ4n) is 4.86. The van der Waals surface area contributed by atoms with Crippen molar-refractivity contribution in [3.05, 3.63) is 63.0 Å². The summed E-state index contributed by atoms with van der Waals surface area (Å²) in [6.45, 7) is 3.44. The number of hydrogen-bond acceptors (Lipinski definition) is 9. The van der Waals surface area contributed by atoms with E-state index in [9.17, 15) is 24.8 Å². The molecular weight excluding hydrogens is 492 g/mol. The van der Waals surface area contributed by atoms with E-state index in [1.54, 1.807) is 13.3 Å². The Kier molecular flexibility index (Phi) is 5.90. The average molecular weight is 515 g/mol. The zero-order valence-corrected chi connectivity index (χ0v) is 20.7. The Morgan fingerprint density at radius 1 is 1.37 bits per heavy atom. The molecule has 0 bridgehead atoms. The lowest BCUT2D eigenvalue weighted by Crippen LogP contribution is -2.63. The largest absolute Gasteiger partial charge is 0.456 e. The zero-order chi connectivity index (χ0) is 25.0. The number of carbonyl (C=O) groups is 2. The molecule has 2 aliphatic heterocycles. The van der Waals surface area contributed by atoms with Crippen LogP contribution in [0, 0.1) is 22.0 Å². The number of esters is 1. The molecule has 182 valence electrons. The molecule has 0 aliphatic carbocycles. The van der Waals surface area contributed by atoms with Crippen LogP contribution in [0.15, 0.2) is 47.5 Å². The lowest BCUT2D eigenvalue weighted by molar-refractivity contribution is -0.384. The van der Waals surface area contributed by atoms with E-state index in [1.165, 1.54) is 52.3 Å². The van der Waals surface area contributed by atoms with Gasteiger partial charge in [-0.3, -0.25) is 19.3 Å². The van der Waals surface area contributed by atoms with Crippen molar-refractivity contribution >= 4 is 51.1 Å². The molecule has 4 heterocycles. The highest BCUT2D eigenvalue weighted by Gasteiger charge is 2.60. The van der Waals surface area contributed by atoms with E-state index in [2.05, 4.69) is 4.98 Å². The Morgan fingerprint density at radius 3 is 2.71 bits per heavy atom. The molecule has 0 unspecified atom stereocenters. The third-order valence-corrected chi connectivity index (χ3v) is 8.48. The summed E-state index contributed by atoms with van der Waals surface area (Å²) in [6, 6.07) is 5.41. The van der Waals surface area contributed by atoms with Gasteiger partial charge in [0.15, 0.2) is 0 Å². The molecule has 1 N–H and O–H groups in total. The molecule has 1 aromatic carbocycles. The first-order chi connectivity index (χ1) is 16.7. The van der Waals surface area contributed by atoms with E-state index in [0.717, 1.165) is 14.7 Å². The van der Waals surface area contributed by atoms with Crippen LogP contribution < -0.4 is 0 Å². The Morgan fingerprint density at radius 2 is 2.09 bits per heavy atom. The van der Waals surface area contributed by atoms with Gasteiger partial charge in [0.1, 0.15) is 28.5 Å². The van der Waals surface area contributed by atoms with E-state index in [0.29, 0.717) is 11.1 Å². The van der Waals surface area contributed by atoms with Crippen molar-refractivity contribution in [3.63, 3.8) is 0 Å². The number of rotatable bonds is 7. The molecular formula is C23H22N4O6S2. The Labute approximate surface area is 208 Å². The van der Waals surface area contributed by atoms with Crippen LogP contribution in [0.1, 0.15) is 24.3 Å². The maximum Gasteiger partial charge on any atom is 0.355 e. The highest BCUT2D eigenvalue weighted by atomic mass is 32.2. The van der Waals surface area contributed by atoms with E-state index < -0.39 is 22.9 Å². The average Bonchev–Trinajstić information content (AvgIpc) is 3.47. The molecule has 3 aromatic rings. The lowest BCUT2D eigenvalue weighted by Gasteiger charge is -2.46. The van der Waals surface area contributed by atoms with Gasteiger partial charge in [-0.05, 0) is 30.9 Å². The molecule has 1 fully saturated rings. The summed E-state index contributed by atoms with van der Waals surface area (Å²) >= 11 is 3.01. The van der Waals surface area contributed by atoms with Crippen molar-refractivity contribution < 1.29 is 24.4 Å². The molecule has 0 spiro atoms. The maximum absolute atomic E-state index is 13.3. The molecule has 10 nitrogen and oxygen atoms in total.